The van der Waals surface area contributed by atoms with Crippen LogP contribution in [0.3, 0.4) is 0 Å². The van der Waals surface area contributed by atoms with Crippen LogP contribution < -0.4 is 4.74 Å². The maximum absolute atomic E-state index is 12.9. The summed E-state index contributed by atoms with van der Waals surface area (Å²) < 4.78 is 13.2. The Hall–Kier alpha value is -3.94. The van der Waals surface area contributed by atoms with E-state index in [0.29, 0.717) is 24.0 Å². The van der Waals surface area contributed by atoms with Gasteiger partial charge in [-0.3, -0.25) is 4.79 Å². The number of aromatic nitrogens is 4. The highest BCUT2D eigenvalue weighted by atomic mass is 16.5. The molecule has 162 valence electrons. The van der Waals surface area contributed by atoms with Gasteiger partial charge >= 0.3 is 0 Å². The van der Waals surface area contributed by atoms with E-state index in [9.17, 15) is 4.79 Å². The molecule has 32 heavy (non-hydrogen) atoms. The number of carbonyl (C=O) groups excluding carboxylic acids is 1. The number of benzene rings is 2. The Morgan fingerprint density at radius 2 is 1.94 bits per heavy atom. The third kappa shape index (κ3) is 4.25. The van der Waals surface area contributed by atoms with Gasteiger partial charge in [0, 0.05) is 30.2 Å². The zero-order valence-electron chi connectivity index (χ0n) is 17.5. The molecule has 1 saturated heterocycles. The van der Waals surface area contributed by atoms with Gasteiger partial charge in [-0.05, 0) is 55.7 Å². The first-order chi connectivity index (χ1) is 15.8. The van der Waals surface area contributed by atoms with Crippen molar-refractivity contribution in [2.75, 3.05) is 13.2 Å². The Kier molecular flexibility index (Phi) is 5.65. The third-order valence-electron chi connectivity index (χ3n) is 5.58. The fraction of sp³-hybridized carbons (Fsp3) is 0.250. The van der Waals surface area contributed by atoms with Crippen LogP contribution in [0.5, 0.6) is 5.75 Å². The molecule has 0 bridgehead atoms. The molecule has 1 amide bonds. The standard InChI is InChI=1S/C24H23N5O3/c30-22(16-31-20-6-2-1-3-7-20)29-14-5-4-8-21(29)24-26-23(27-32-24)18-9-11-19(12-10-18)28-15-13-25-17-28/h1-3,6-7,9-13,15,17,21H,4-5,8,14,16H2/t21-/m0/s1. The van der Waals surface area contributed by atoms with Gasteiger partial charge in [0.25, 0.3) is 5.91 Å². The van der Waals surface area contributed by atoms with Crippen LogP contribution in [0.1, 0.15) is 31.2 Å². The number of para-hydroxylation sites is 1. The zero-order valence-corrected chi connectivity index (χ0v) is 17.5. The number of amides is 1. The normalized spacial score (nSPS) is 16.1. The lowest BCUT2D eigenvalue weighted by atomic mass is 10.0. The van der Waals surface area contributed by atoms with Crippen LogP contribution in [0, 0.1) is 0 Å². The topological polar surface area (TPSA) is 86.3 Å². The van der Waals surface area contributed by atoms with E-state index in [0.717, 1.165) is 30.5 Å². The molecule has 1 fully saturated rings. The second-order valence-corrected chi connectivity index (χ2v) is 7.67. The van der Waals surface area contributed by atoms with Gasteiger partial charge in [-0.25, -0.2) is 4.98 Å². The molecule has 1 aliphatic heterocycles. The Morgan fingerprint density at radius 3 is 2.72 bits per heavy atom. The minimum atomic E-state index is -0.234. The van der Waals surface area contributed by atoms with Crippen LogP contribution >= 0.6 is 0 Å². The predicted octanol–water partition coefficient (Wildman–Crippen LogP) is 4.05. The summed E-state index contributed by atoms with van der Waals surface area (Å²) in [6, 6.07) is 17.0. The number of hydrogen-bond donors (Lipinski definition) is 0. The Labute approximate surface area is 185 Å². The van der Waals surface area contributed by atoms with Crippen molar-refractivity contribution in [1.29, 1.82) is 0 Å². The first-order valence-corrected chi connectivity index (χ1v) is 10.7. The molecular weight excluding hydrogens is 406 g/mol. The van der Waals surface area contributed by atoms with Gasteiger partial charge in [0.05, 0.1) is 6.33 Å². The van der Waals surface area contributed by atoms with Crippen molar-refractivity contribution in [1.82, 2.24) is 24.6 Å². The third-order valence-corrected chi connectivity index (χ3v) is 5.58. The van der Waals surface area contributed by atoms with E-state index in [1.807, 2.05) is 65.4 Å². The SMILES string of the molecule is O=C(COc1ccccc1)N1CCCC[C@H]1c1nc(-c2ccc(-n3ccnc3)cc2)no1. The van der Waals surface area contributed by atoms with Crippen molar-refractivity contribution in [3.63, 3.8) is 0 Å². The predicted molar refractivity (Wildman–Crippen MR) is 117 cm³/mol. The number of carbonyl (C=O) groups is 1. The minimum Gasteiger partial charge on any atom is -0.484 e. The number of imidazole rings is 1. The first kappa shape index (κ1) is 20.0. The summed E-state index contributed by atoms with van der Waals surface area (Å²) in [5.41, 5.74) is 1.85. The largest absolute Gasteiger partial charge is 0.484 e. The molecule has 1 aliphatic rings. The van der Waals surface area contributed by atoms with Crippen LogP contribution in [0.15, 0.2) is 77.8 Å². The van der Waals surface area contributed by atoms with E-state index in [4.69, 9.17) is 9.26 Å². The van der Waals surface area contributed by atoms with Gasteiger partial charge in [0.15, 0.2) is 6.61 Å². The van der Waals surface area contributed by atoms with Gasteiger partial charge in [-0.15, -0.1) is 0 Å². The molecule has 8 heteroatoms. The quantitative estimate of drug-likeness (QED) is 0.460. The molecule has 0 unspecified atom stereocenters. The zero-order chi connectivity index (χ0) is 21.8. The number of rotatable bonds is 6. The van der Waals surface area contributed by atoms with Gasteiger partial charge in [-0.1, -0.05) is 23.4 Å². The van der Waals surface area contributed by atoms with Crippen molar-refractivity contribution < 1.29 is 14.1 Å². The van der Waals surface area contributed by atoms with E-state index >= 15 is 0 Å². The number of ether oxygens (including phenoxy) is 1. The Balaban J connectivity index is 1.29. The maximum Gasteiger partial charge on any atom is 0.261 e. The average Bonchev–Trinajstić information content (AvgIpc) is 3.56. The van der Waals surface area contributed by atoms with Gasteiger partial charge in [0.2, 0.25) is 11.7 Å². The lowest BCUT2D eigenvalue weighted by molar-refractivity contribution is -0.138. The number of hydrogen-bond acceptors (Lipinski definition) is 6. The van der Waals surface area contributed by atoms with Crippen molar-refractivity contribution in [2.24, 2.45) is 0 Å². The second kappa shape index (κ2) is 9.05. The molecule has 0 spiro atoms. The molecule has 8 nitrogen and oxygen atoms in total. The maximum atomic E-state index is 12.9. The van der Waals surface area contributed by atoms with E-state index in [2.05, 4.69) is 15.1 Å². The van der Waals surface area contributed by atoms with Gasteiger partial charge in [-0.2, -0.15) is 4.98 Å². The van der Waals surface area contributed by atoms with Gasteiger partial charge < -0.3 is 18.7 Å². The molecule has 1 atom stereocenters. The fourth-order valence-electron chi connectivity index (χ4n) is 3.91. The molecule has 0 radical (unpaired) electrons. The molecule has 5 rings (SSSR count). The van der Waals surface area contributed by atoms with Crippen LogP contribution in [-0.4, -0.2) is 43.7 Å². The van der Waals surface area contributed by atoms with Crippen LogP contribution in [0.25, 0.3) is 17.1 Å². The molecule has 0 aliphatic carbocycles. The first-order valence-electron chi connectivity index (χ1n) is 10.7. The molecule has 2 aromatic heterocycles. The Bertz CT molecular complexity index is 1160. The smallest absolute Gasteiger partial charge is 0.261 e. The van der Waals surface area contributed by atoms with Crippen molar-refractivity contribution >= 4 is 5.91 Å². The summed E-state index contributed by atoms with van der Waals surface area (Å²) >= 11 is 0. The molecule has 4 aromatic rings. The average molecular weight is 429 g/mol. The molecule has 0 N–H and O–H groups in total. The number of nitrogens with zero attached hydrogens (tertiary/aromatic N) is 5. The second-order valence-electron chi connectivity index (χ2n) is 7.67. The molecular formula is C24H23N5O3. The lowest BCUT2D eigenvalue weighted by Gasteiger charge is -2.33. The summed E-state index contributed by atoms with van der Waals surface area (Å²) in [5.74, 6) is 1.57. The van der Waals surface area contributed by atoms with Crippen molar-refractivity contribution in [3.8, 4) is 22.8 Å². The van der Waals surface area contributed by atoms with Crippen LogP contribution in [0.4, 0.5) is 0 Å². The fourth-order valence-corrected chi connectivity index (χ4v) is 3.91. The van der Waals surface area contributed by atoms with Crippen LogP contribution in [-0.2, 0) is 4.79 Å². The van der Waals surface area contributed by atoms with Crippen molar-refractivity contribution in [2.45, 2.75) is 25.3 Å². The summed E-state index contributed by atoms with van der Waals surface area (Å²) in [7, 11) is 0. The highest BCUT2D eigenvalue weighted by Crippen LogP contribution is 2.31. The number of likely N-dealkylation sites (tertiary alicyclic amines) is 1. The van der Waals surface area contributed by atoms with Gasteiger partial charge in [0.1, 0.15) is 11.8 Å². The summed E-state index contributed by atoms with van der Waals surface area (Å²) in [6.45, 7) is 0.635. The van der Waals surface area contributed by atoms with Crippen molar-refractivity contribution in [3.05, 3.63) is 79.2 Å². The minimum absolute atomic E-state index is 0.0166. The summed E-state index contributed by atoms with van der Waals surface area (Å²) in [5, 5.41) is 4.17. The highest BCUT2D eigenvalue weighted by molar-refractivity contribution is 5.78. The monoisotopic (exact) mass is 429 g/mol. The summed E-state index contributed by atoms with van der Waals surface area (Å²) in [4.78, 5) is 23.4. The van der Waals surface area contributed by atoms with E-state index in [1.165, 1.54) is 0 Å². The molecule has 2 aromatic carbocycles. The van der Waals surface area contributed by atoms with E-state index in [-0.39, 0.29) is 18.6 Å². The summed E-state index contributed by atoms with van der Waals surface area (Å²) in [6.07, 6.45) is 8.12. The lowest BCUT2D eigenvalue weighted by Crippen LogP contribution is -2.41. The number of piperidine rings is 1. The highest BCUT2D eigenvalue weighted by Gasteiger charge is 2.32. The molecule has 0 saturated carbocycles. The van der Waals surface area contributed by atoms with Crippen LogP contribution in [0.2, 0.25) is 0 Å². The Morgan fingerprint density at radius 1 is 1.09 bits per heavy atom. The molecule has 3 heterocycles. The van der Waals surface area contributed by atoms with E-state index in [1.54, 1.807) is 17.4 Å². The van der Waals surface area contributed by atoms with E-state index < -0.39 is 0 Å².